The highest BCUT2D eigenvalue weighted by molar-refractivity contribution is 5.64. The predicted octanol–water partition coefficient (Wildman–Crippen LogP) is 6.44. The van der Waals surface area contributed by atoms with Gasteiger partial charge < -0.3 is 0 Å². The van der Waals surface area contributed by atoms with Crippen LogP contribution >= 0.6 is 0 Å². The van der Waals surface area contributed by atoms with Gasteiger partial charge in [0.2, 0.25) is 0 Å². The van der Waals surface area contributed by atoms with Gasteiger partial charge in [-0.3, -0.25) is 0 Å². The van der Waals surface area contributed by atoms with Crippen LogP contribution in [0.15, 0.2) is 96.1 Å². The summed E-state index contributed by atoms with van der Waals surface area (Å²) < 4.78 is 0. The monoisotopic (exact) mass is 400 g/mol. The zero-order valence-corrected chi connectivity index (χ0v) is 17.6. The number of nitriles is 2. The first-order chi connectivity index (χ1) is 15.1. The molecule has 0 N–H and O–H groups in total. The van der Waals surface area contributed by atoms with E-state index in [1.165, 1.54) is 22.3 Å². The van der Waals surface area contributed by atoms with Gasteiger partial charge in [0.25, 0.3) is 0 Å². The molecule has 2 aromatic carbocycles. The normalized spacial score (nSPS) is 39.1. The Kier molecular flexibility index (Phi) is 3.62. The van der Waals surface area contributed by atoms with Crippen molar-refractivity contribution in [3.8, 4) is 12.1 Å². The first-order valence-electron chi connectivity index (χ1n) is 11.2. The SMILES string of the molecule is C[C@@H]1C=C[C@@]23C4=C1C[C@H](c1ccccc1)[C@@]4(C#N)C=C[C@]2(C#N)C[C@H]3c1ccccc1. The Hall–Kier alpha value is -3.36. The molecule has 0 aromatic heterocycles. The van der Waals surface area contributed by atoms with E-state index in [1.807, 2.05) is 12.1 Å². The second-order valence-corrected chi connectivity index (χ2v) is 9.65. The van der Waals surface area contributed by atoms with Crippen molar-refractivity contribution in [2.75, 3.05) is 0 Å². The molecule has 0 bridgehead atoms. The van der Waals surface area contributed by atoms with E-state index in [-0.39, 0.29) is 11.8 Å². The predicted molar refractivity (Wildman–Crippen MR) is 121 cm³/mol. The molecule has 0 amide bonds. The summed E-state index contributed by atoms with van der Waals surface area (Å²) in [5.41, 5.74) is 3.40. The Labute approximate surface area is 183 Å². The van der Waals surface area contributed by atoms with Crippen molar-refractivity contribution in [2.45, 2.75) is 31.6 Å². The molecule has 4 aliphatic rings. The quantitative estimate of drug-likeness (QED) is 0.545. The number of hydrogen-bond donors (Lipinski definition) is 0. The molecule has 4 aliphatic carbocycles. The topological polar surface area (TPSA) is 47.6 Å². The average molecular weight is 401 g/mol. The molecule has 0 heterocycles. The van der Waals surface area contributed by atoms with E-state index in [9.17, 15) is 10.5 Å². The van der Waals surface area contributed by atoms with Gasteiger partial charge in [-0.2, -0.15) is 10.5 Å². The first-order valence-corrected chi connectivity index (χ1v) is 11.2. The second-order valence-electron chi connectivity index (χ2n) is 9.65. The molecule has 0 saturated heterocycles. The summed E-state index contributed by atoms with van der Waals surface area (Å²) in [7, 11) is 0. The maximum Gasteiger partial charge on any atom is 0.105 e. The fraction of sp³-hybridized carbons (Fsp3) is 0.310. The Morgan fingerprint density at radius 3 is 2.06 bits per heavy atom. The molecular formula is C29H24N2. The summed E-state index contributed by atoms with van der Waals surface area (Å²) in [5, 5.41) is 21.1. The Morgan fingerprint density at radius 1 is 0.806 bits per heavy atom. The third-order valence-electron chi connectivity index (χ3n) is 8.55. The maximum atomic E-state index is 10.7. The molecule has 2 heteroatoms. The van der Waals surface area contributed by atoms with E-state index in [1.54, 1.807) is 0 Å². The molecule has 0 unspecified atom stereocenters. The Bertz CT molecular complexity index is 1240. The lowest BCUT2D eigenvalue weighted by molar-refractivity contribution is 0.0328. The van der Waals surface area contributed by atoms with Gasteiger partial charge >= 0.3 is 0 Å². The van der Waals surface area contributed by atoms with Gasteiger partial charge in [-0.05, 0) is 35.5 Å². The molecule has 2 nitrogen and oxygen atoms in total. The molecular weight excluding hydrogens is 376 g/mol. The average Bonchev–Trinajstić information content (AvgIpc) is 3.17. The van der Waals surface area contributed by atoms with Crippen LogP contribution in [0.4, 0.5) is 0 Å². The maximum absolute atomic E-state index is 10.7. The van der Waals surface area contributed by atoms with E-state index in [0.29, 0.717) is 5.92 Å². The van der Waals surface area contributed by atoms with Crippen LogP contribution in [-0.4, -0.2) is 0 Å². The summed E-state index contributed by atoms with van der Waals surface area (Å²) in [4.78, 5) is 0. The molecule has 1 spiro atoms. The summed E-state index contributed by atoms with van der Waals surface area (Å²) >= 11 is 0. The summed E-state index contributed by atoms with van der Waals surface area (Å²) in [6, 6.07) is 26.5. The minimum atomic E-state index is -0.691. The zero-order valence-electron chi connectivity index (χ0n) is 17.6. The van der Waals surface area contributed by atoms with E-state index < -0.39 is 16.2 Å². The fourth-order valence-corrected chi connectivity index (χ4v) is 7.09. The van der Waals surface area contributed by atoms with Crippen molar-refractivity contribution in [3.05, 3.63) is 107 Å². The van der Waals surface area contributed by atoms with Crippen molar-refractivity contribution in [1.82, 2.24) is 0 Å². The van der Waals surface area contributed by atoms with Crippen LogP contribution in [0.5, 0.6) is 0 Å². The minimum absolute atomic E-state index is 0.0906. The molecule has 2 aromatic rings. The number of allylic oxidation sites excluding steroid dienone is 6. The lowest BCUT2D eigenvalue weighted by Crippen LogP contribution is -2.60. The van der Waals surface area contributed by atoms with Crippen molar-refractivity contribution in [2.24, 2.45) is 22.2 Å². The van der Waals surface area contributed by atoms with Crippen LogP contribution in [0.2, 0.25) is 0 Å². The van der Waals surface area contributed by atoms with Crippen LogP contribution in [0.1, 0.15) is 42.7 Å². The third-order valence-corrected chi connectivity index (χ3v) is 8.55. The van der Waals surface area contributed by atoms with Crippen molar-refractivity contribution >= 4 is 0 Å². The first kappa shape index (κ1) is 18.4. The van der Waals surface area contributed by atoms with Crippen molar-refractivity contribution < 1.29 is 0 Å². The van der Waals surface area contributed by atoms with Crippen molar-refractivity contribution in [3.63, 3.8) is 0 Å². The molecule has 31 heavy (non-hydrogen) atoms. The summed E-state index contributed by atoms with van der Waals surface area (Å²) in [5.74, 6) is 0.601. The number of benzene rings is 2. The van der Waals surface area contributed by atoms with E-state index in [0.717, 1.165) is 12.8 Å². The van der Waals surface area contributed by atoms with Gasteiger partial charge in [0, 0.05) is 17.3 Å². The number of rotatable bonds is 2. The second kappa shape index (κ2) is 6.09. The van der Waals surface area contributed by atoms with Crippen LogP contribution in [-0.2, 0) is 0 Å². The van der Waals surface area contributed by atoms with Gasteiger partial charge in [-0.15, -0.1) is 0 Å². The van der Waals surface area contributed by atoms with Gasteiger partial charge in [0.1, 0.15) is 5.41 Å². The number of nitrogens with zero attached hydrogens (tertiary/aromatic N) is 2. The van der Waals surface area contributed by atoms with Crippen LogP contribution < -0.4 is 0 Å². The smallest absolute Gasteiger partial charge is 0.105 e. The largest absolute Gasteiger partial charge is 0.197 e. The van der Waals surface area contributed by atoms with E-state index >= 15 is 0 Å². The molecule has 6 atom stereocenters. The highest BCUT2D eigenvalue weighted by Crippen LogP contribution is 2.79. The van der Waals surface area contributed by atoms with Crippen LogP contribution in [0, 0.1) is 44.8 Å². The highest BCUT2D eigenvalue weighted by Gasteiger charge is 2.73. The lowest BCUT2D eigenvalue weighted by atomic mass is 9.35. The Balaban J connectivity index is 1.63. The van der Waals surface area contributed by atoms with Gasteiger partial charge in [-0.25, -0.2) is 0 Å². The molecule has 150 valence electrons. The molecule has 1 fully saturated rings. The molecule has 6 rings (SSSR count). The van der Waals surface area contributed by atoms with Crippen LogP contribution in [0.25, 0.3) is 0 Å². The van der Waals surface area contributed by atoms with Gasteiger partial charge in [0.05, 0.1) is 17.6 Å². The van der Waals surface area contributed by atoms with Crippen LogP contribution in [0.3, 0.4) is 0 Å². The zero-order chi connectivity index (χ0) is 21.3. The van der Waals surface area contributed by atoms with Crippen molar-refractivity contribution in [1.29, 1.82) is 10.5 Å². The standard InChI is InChI=1S/C29H24N2/c1-20-12-13-29-25(22-10-6-3-7-11-22)17-27(29,18-30)14-15-28(19-31)24(16-23(20)26(28)29)21-8-4-2-5-9-21/h2-15,20,24-25H,16-17H2,1H3/t20-,24-,25+,27-,28+,29-/m1/s1. The van der Waals surface area contributed by atoms with E-state index in [4.69, 9.17) is 0 Å². The minimum Gasteiger partial charge on any atom is -0.197 e. The molecule has 1 saturated carbocycles. The lowest BCUT2D eigenvalue weighted by Gasteiger charge is -2.65. The molecule has 0 aliphatic heterocycles. The van der Waals surface area contributed by atoms with Gasteiger partial charge in [0.15, 0.2) is 0 Å². The summed E-state index contributed by atoms with van der Waals surface area (Å²) in [6.45, 7) is 2.24. The van der Waals surface area contributed by atoms with E-state index in [2.05, 4.69) is 91.9 Å². The highest BCUT2D eigenvalue weighted by atomic mass is 14.7. The molecule has 0 radical (unpaired) electrons. The van der Waals surface area contributed by atoms with Gasteiger partial charge in [-0.1, -0.05) is 97.5 Å². The third kappa shape index (κ3) is 2.01. The number of hydrogen-bond acceptors (Lipinski definition) is 2. The summed E-state index contributed by atoms with van der Waals surface area (Å²) in [6.07, 6.45) is 10.5. The fourth-order valence-electron chi connectivity index (χ4n) is 7.09. The Morgan fingerprint density at radius 2 is 1.45 bits per heavy atom.